The Labute approximate surface area is 108 Å². The minimum atomic E-state index is -0.198. The van der Waals surface area contributed by atoms with E-state index in [1.54, 1.807) is 19.0 Å². The minimum Gasteiger partial charge on any atom is -0.372 e. The molecule has 2 N–H and O–H groups in total. The Balaban J connectivity index is 2.17. The maximum Gasteiger partial charge on any atom is 0.244 e. The van der Waals surface area contributed by atoms with Crippen LogP contribution in [0.4, 0.5) is 11.6 Å². The molecule has 1 atom stereocenters. The van der Waals surface area contributed by atoms with Crippen LogP contribution in [0.3, 0.4) is 0 Å². The third-order valence-electron chi connectivity index (χ3n) is 2.76. The highest BCUT2D eigenvalue weighted by Crippen LogP contribution is 2.27. The first-order chi connectivity index (χ1) is 8.13. The molecule has 1 amide bonds. The van der Waals surface area contributed by atoms with E-state index >= 15 is 0 Å². The highest BCUT2D eigenvalue weighted by atomic mass is 79.9. The summed E-state index contributed by atoms with van der Waals surface area (Å²) in [4.78, 5) is 21.7. The molecule has 1 aromatic rings. The number of amides is 1. The maximum atomic E-state index is 11.8. The molecule has 1 unspecified atom stereocenters. The van der Waals surface area contributed by atoms with Gasteiger partial charge in [-0.1, -0.05) is 0 Å². The van der Waals surface area contributed by atoms with Crippen molar-refractivity contribution in [3.63, 3.8) is 0 Å². The molecule has 0 aromatic carbocycles. The molecule has 0 bridgehead atoms. The van der Waals surface area contributed by atoms with Gasteiger partial charge in [-0.05, 0) is 22.4 Å². The van der Waals surface area contributed by atoms with E-state index in [-0.39, 0.29) is 11.9 Å². The maximum absolute atomic E-state index is 11.8. The van der Waals surface area contributed by atoms with Crippen molar-refractivity contribution in [3.05, 3.63) is 10.8 Å². The minimum absolute atomic E-state index is 0.0986. The molecule has 2 rings (SSSR count). The Kier molecular flexibility index (Phi) is 3.46. The molecule has 2 heterocycles. The number of carbonyl (C=O) groups is 1. The second kappa shape index (κ2) is 4.87. The number of likely N-dealkylation sites (N-methyl/N-ethyl adjacent to an activating group) is 1. The van der Waals surface area contributed by atoms with Crippen LogP contribution in [0, 0.1) is 0 Å². The van der Waals surface area contributed by atoms with Crippen LogP contribution in [-0.2, 0) is 4.79 Å². The van der Waals surface area contributed by atoms with Crippen molar-refractivity contribution in [2.24, 2.45) is 0 Å². The molecule has 1 aliphatic heterocycles. The molecular weight excluding hydrogens is 286 g/mol. The van der Waals surface area contributed by atoms with Crippen LogP contribution < -0.4 is 10.6 Å². The van der Waals surface area contributed by atoms with Gasteiger partial charge >= 0.3 is 0 Å². The predicted octanol–water partition coefficient (Wildman–Crippen LogP) is 0.923. The number of likely N-dealkylation sites (tertiary alicyclic amines) is 1. The van der Waals surface area contributed by atoms with Gasteiger partial charge in [-0.2, -0.15) is 0 Å². The van der Waals surface area contributed by atoms with Gasteiger partial charge in [0.2, 0.25) is 5.91 Å². The zero-order valence-electron chi connectivity index (χ0n) is 9.70. The monoisotopic (exact) mass is 299 g/mol. The van der Waals surface area contributed by atoms with Crippen molar-refractivity contribution < 1.29 is 4.79 Å². The van der Waals surface area contributed by atoms with E-state index in [9.17, 15) is 4.79 Å². The number of anilines is 2. The first-order valence-corrected chi connectivity index (χ1v) is 6.12. The molecule has 17 heavy (non-hydrogen) atoms. The molecule has 7 heteroatoms. The van der Waals surface area contributed by atoms with E-state index in [1.807, 2.05) is 0 Å². The fraction of sp³-hybridized carbons (Fsp3) is 0.500. The molecule has 1 fully saturated rings. The summed E-state index contributed by atoms with van der Waals surface area (Å²) in [5.41, 5.74) is 0. The second-order valence-corrected chi connectivity index (χ2v) is 4.67. The average molecular weight is 300 g/mol. The van der Waals surface area contributed by atoms with E-state index in [1.165, 1.54) is 6.33 Å². The molecule has 1 saturated heterocycles. The Morgan fingerprint density at radius 1 is 1.47 bits per heavy atom. The molecule has 0 saturated carbocycles. The van der Waals surface area contributed by atoms with Crippen LogP contribution in [0.1, 0.15) is 6.42 Å². The van der Waals surface area contributed by atoms with Crippen molar-refractivity contribution in [1.29, 1.82) is 0 Å². The van der Waals surface area contributed by atoms with Crippen molar-refractivity contribution in [1.82, 2.24) is 14.9 Å². The van der Waals surface area contributed by atoms with Crippen LogP contribution >= 0.6 is 15.9 Å². The first kappa shape index (κ1) is 12.1. The lowest BCUT2D eigenvalue weighted by molar-refractivity contribution is -0.127. The topological polar surface area (TPSA) is 70.2 Å². The van der Waals surface area contributed by atoms with E-state index in [0.29, 0.717) is 11.6 Å². The SMILES string of the molecule is CNc1ncnc(NC2CCN(C)C2=O)c1Br. The van der Waals surface area contributed by atoms with Crippen molar-refractivity contribution >= 4 is 33.5 Å². The van der Waals surface area contributed by atoms with Crippen LogP contribution in [0.2, 0.25) is 0 Å². The summed E-state index contributed by atoms with van der Waals surface area (Å²) >= 11 is 3.41. The van der Waals surface area contributed by atoms with Crippen LogP contribution in [0.5, 0.6) is 0 Å². The predicted molar refractivity (Wildman–Crippen MR) is 68.9 cm³/mol. The van der Waals surface area contributed by atoms with Gasteiger partial charge in [-0.3, -0.25) is 4.79 Å². The summed E-state index contributed by atoms with van der Waals surface area (Å²) in [6, 6.07) is -0.198. The van der Waals surface area contributed by atoms with Gasteiger partial charge in [-0.15, -0.1) is 0 Å². The van der Waals surface area contributed by atoms with Gasteiger partial charge in [-0.25, -0.2) is 9.97 Å². The number of aromatic nitrogens is 2. The largest absolute Gasteiger partial charge is 0.372 e. The summed E-state index contributed by atoms with van der Waals surface area (Å²) < 4.78 is 0.741. The van der Waals surface area contributed by atoms with E-state index in [0.717, 1.165) is 17.4 Å². The van der Waals surface area contributed by atoms with Gasteiger partial charge in [0.15, 0.2) is 0 Å². The quantitative estimate of drug-likeness (QED) is 0.869. The summed E-state index contributed by atoms with van der Waals surface area (Å²) in [6.45, 7) is 0.776. The Hall–Kier alpha value is -1.37. The van der Waals surface area contributed by atoms with Crippen molar-refractivity contribution in [2.75, 3.05) is 31.3 Å². The average Bonchev–Trinajstić information content (AvgIpc) is 2.64. The first-order valence-electron chi connectivity index (χ1n) is 5.33. The molecule has 1 aliphatic rings. The number of nitrogens with one attached hydrogen (secondary N) is 2. The summed E-state index contributed by atoms with van der Waals surface area (Å²) in [7, 11) is 3.59. The number of hydrogen-bond acceptors (Lipinski definition) is 5. The zero-order valence-corrected chi connectivity index (χ0v) is 11.3. The van der Waals surface area contributed by atoms with Crippen LogP contribution in [0.25, 0.3) is 0 Å². The smallest absolute Gasteiger partial charge is 0.244 e. The molecule has 1 aromatic heterocycles. The number of halogens is 1. The van der Waals surface area contributed by atoms with Crippen molar-refractivity contribution in [3.8, 4) is 0 Å². The standard InChI is InChI=1S/C10H14BrN5O/c1-12-8-7(11)9(14-5-13-8)15-6-3-4-16(2)10(6)17/h5-6H,3-4H2,1-2H3,(H2,12,13,14,15). The molecule has 0 spiro atoms. The Morgan fingerprint density at radius 3 is 2.76 bits per heavy atom. The second-order valence-electron chi connectivity index (χ2n) is 3.88. The Morgan fingerprint density at radius 2 is 2.18 bits per heavy atom. The van der Waals surface area contributed by atoms with Crippen molar-refractivity contribution in [2.45, 2.75) is 12.5 Å². The lowest BCUT2D eigenvalue weighted by Crippen LogP contribution is -2.31. The van der Waals surface area contributed by atoms with Crippen LogP contribution in [0.15, 0.2) is 10.8 Å². The third kappa shape index (κ3) is 2.33. The summed E-state index contributed by atoms with van der Waals surface area (Å²) in [5, 5.41) is 6.08. The van der Waals surface area contributed by atoms with Gasteiger partial charge in [0.05, 0.1) is 0 Å². The Bertz CT molecular complexity index is 439. The molecule has 0 radical (unpaired) electrons. The highest BCUT2D eigenvalue weighted by Gasteiger charge is 2.29. The van der Waals surface area contributed by atoms with E-state index in [2.05, 4.69) is 36.5 Å². The molecule has 6 nitrogen and oxygen atoms in total. The summed E-state index contributed by atoms with van der Waals surface area (Å²) in [5.74, 6) is 1.43. The normalized spacial score (nSPS) is 19.6. The fourth-order valence-corrected chi connectivity index (χ4v) is 2.28. The van der Waals surface area contributed by atoms with Gasteiger partial charge in [0.1, 0.15) is 28.5 Å². The van der Waals surface area contributed by atoms with Crippen LogP contribution in [-0.4, -0.2) is 47.5 Å². The fourth-order valence-electron chi connectivity index (χ4n) is 1.77. The van der Waals surface area contributed by atoms with Gasteiger partial charge < -0.3 is 15.5 Å². The lowest BCUT2D eigenvalue weighted by atomic mass is 10.2. The number of rotatable bonds is 3. The van der Waals surface area contributed by atoms with Gasteiger partial charge in [0, 0.05) is 20.6 Å². The summed E-state index contributed by atoms with van der Waals surface area (Å²) in [6.07, 6.45) is 2.25. The van der Waals surface area contributed by atoms with E-state index < -0.39 is 0 Å². The number of nitrogens with zero attached hydrogens (tertiary/aromatic N) is 3. The molecular formula is C10H14BrN5O. The van der Waals surface area contributed by atoms with E-state index in [4.69, 9.17) is 0 Å². The molecule has 0 aliphatic carbocycles. The third-order valence-corrected chi connectivity index (χ3v) is 3.52. The number of carbonyl (C=O) groups excluding carboxylic acids is 1. The van der Waals surface area contributed by atoms with Gasteiger partial charge in [0.25, 0.3) is 0 Å². The zero-order chi connectivity index (χ0) is 12.4. The lowest BCUT2D eigenvalue weighted by Gasteiger charge is -2.14. The molecule has 92 valence electrons. The highest BCUT2D eigenvalue weighted by molar-refractivity contribution is 9.10. The number of hydrogen-bond donors (Lipinski definition) is 2.